The largest absolute Gasteiger partial charge is 0.503 e. The van der Waals surface area contributed by atoms with Crippen LogP contribution in [0.15, 0.2) is 52.5 Å². The highest BCUT2D eigenvalue weighted by Gasteiger charge is 2.32. The van der Waals surface area contributed by atoms with Gasteiger partial charge in [0.05, 0.1) is 23.3 Å². The highest BCUT2D eigenvalue weighted by atomic mass is 79.9. The van der Waals surface area contributed by atoms with Gasteiger partial charge in [0.15, 0.2) is 17.3 Å². The average Bonchev–Trinajstić information content (AvgIpc) is 2.63. The zero-order valence-corrected chi connectivity index (χ0v) is 15.8. The number of rotatable bonds is 4. The predicted octanol–water partition coefficient (Wildman–Crippen LogP) is 3.52. The minimum Gasteiger partial charge on any atom is -0.503 e. The zero-order valence-electron chi connectivity index (χ0n) is 14.2. The summed E-state index contributed by atoms with van der Waals surface area (Å²) in [6, 6.07) is 11.3. The number of urea groups is 1. The Morgan fingerprint density at radius 2 is 1.92 bits per heavy atom. The van der Waals surface area contributed by atoms with Crippen LogP contribution in [0.5, 0.6) is 11.5 Å². The number of Topliss-reactive ketones (excluding diaryl/α,β-unsaturated/α-hetero) is 1. The normalized spacial score (nSPS) is 16.7. The lowest BCUT2D eigenvalue weighted by Gasteiger charge is -2.30. The first-order chi connectivity index (χ1) is 12.4. The lowest BCUT2D eigenvalue weighted by atomic mass is 9.90. The number of amides is 2. The molecular formula is C19H17BrN2O4. The van der Waals surface area contributed by atoms with E-state index in [0.717, 1.165) is 5.56 Å². The molecule has 0 fully saturated rings. The van der Waals surface area contributed by atoms with E-state index in [2.05, 4.69) is 26.6 Å². The number of methoxy groups -OCH3 is 1. The molecule has 26 heavy (non-hydrogen) atoms. The topological polar surface area (TPSA) is 87.7 Å². The van der Waals surface area contributed by atoms with Crippen molar-refractivity contribution in [1.82, 2.24) is 10.6 Å². The molecule has 2 aromatic carbocycles. The summed E-state index contributed by atoms with van der Waals surface area (Å²) < 4.78 is 5.59. The van der Waals surface area contributed by atoms with E-state index < -0.39 is 12.1 Å². The minimum absolute atomic E-state index is 0.0480. The van der Waals surface area contributed by atoms with Crippen molar-refractivity contribution in [2.45, 2.75) is 13.0 Å². The third-order valence-corrected chi connectivity index (χ3v) is 4.72. The van der Waals surface area contributed by atoms with Crippen molar-refractivity contribution in [2.75, 3.05) is 7.11 Å². The molecule has 0 saturated heterocycles. The molecule has 0 saturated carbocycles. The summed E-state index contributed by atoms with van der Waals surface area (Å²) in [5.74, 6) is 0.0176. The highest BCUT2D eigenvalue weighted by molar-refractivity contribution is 9.10. The number of carbonyl (C=O) groups excluding carboxylic acids is 2. The number of phenols is 1. The molecule has 3 rings (SSSR count). The van der Waals surface area contributed by atoms with Gasteiger partial charge in [-0.1, -0.05) is 30.3 Å². The second-order valence-electron chi connectivity index (χ2n) is 5.80. The molecule has 0 aromatic heterocycles. The van der Waals surface area contributed by atoms with Crippen molar-refractivity contribution < 1.29 is 19.4 Å². The second kappa shape index (κ2) is 7.21. The van der Waals surface area contributed by atoms with Crippen molar-refractivity contribution in [2.24, 2.45) is 0 Å². The molecular weight excluding hydrogens is 400 g/mol. The summed E-state index contributed by atoms with van der Waals surface area (Å²) in [6.45, 7) is 1.46. The standard InChI is InChI=1S/C19H17BrN2O4/c1-10(23)15-16(11-6-4-3-5-7-11)21-19(25)22-17(15)12-8-13(20)18(24)14(9-12)26-2/h3-9,17,24H,1-2H3,(H2,21,22,25)/t17-/m0/s1. The molecule has 3 N–H and O–H groups in total. The number of nitrogens with one attached hydrogen (secondary N) is 2. The SMILES string of the molecule is COc1cc([C@@H]2NC(=O)NC(c3ccccc3)=C2C(C)=O)cc(Br)c1O. The Kier molecular flexibility index (Phi) is 4.99. The summed E-state index contributed by atoms with van der Waals surface area (Å²) in [5.41, 5.74) is 2.24. The van der Waals surface area contributed by atoms with Gasteiger partial charge in [-0.3, -0.25) is 4.79 Å². The van der Waals surface area contributed by atoms with Crippen molar-refractivity contribution in [1.29, 1.82) is 0 Å². The van der Waals surface area contributed by atoms with Crippen LogP contribution in [0.2, 0.25) is 0 Å². The van der Waals surface area contributed by atoms with Crippen LogP contribution in [-0.4, -0.2) is 24.0 Å². The highest BCUT2D eigenvalue weighted by Crippen LogP contribution is 2.40. The quantitative estimate of drug-likeness (QED) is 0.711. The van der Waals surface area contributed by atoms with Crippen LogP contribution in [0.3, 0.4) is 0 Å². The van der Waals surface area contributed by atoms with E-state index in [1.54, 1.807) is 12.1 Å². The van der Waals surface area contributed by atoms with E-state index in [1.807, 2.05) is 30.3 Å². The third-order valence-electron chi connectivity index (χ3n) is 4.12. The number of carbonyl (C=O) groups is 2. The molecule has 1 heterocycles. The van der Waals surface area contributed by atoms with E-state index in [0.29, 0.717) is 21.3 Å². The monoisotopic (exact) mass is 416 g/mol. The smallest absolute Gasteiger partial charge is 0.320 e. The molecule has 1 aliphatic heterocycles. The fourth-order valence-electron chi connectivity index (χ4n) is 2.94. The van der Waals surface area contributed by atoms with Gasteiger partial charge in [0.2, 0.25) is 0 Å². The fourth-order valence-corrected chi connectivity index (χ4v) is 3.40. The summed E-state index contributed by atoms with van der Waals surface area (Å²) in [5, 5.41) is 15.5. The lowest BCUT2D eigenvalue weighted by molar-refractivity contribution is -0.113. The van der Waals surface area contributed by atoms with Crippen LogP contribution in [0, 0.1) is 0 Å². The Morgan fingerprint density at radius 1 is 1.23 bits per heavy atom. The number of aromatic hydroxyl groups is 1. The number of ketones is 1. The first-order valence-electron chi connectivity index (χ1n) is 7.86. The molecule has 1 aliphatic rings. The maximum atomic E-state index is 12.4. The lowest BCUT2D eigenvalue weighted by Crippen LogP contribution is -2.44. The van der Waals surface area contributed by atoms with E-state index in [9.17, 15) is 14.7 Å². The molecule has 6 nitrogen and oxygen atoms in total. The molecule has 1 atom stereocenters. The van der Waals surface area contributed by atoms with Crippen molar-refractivity contribution >= 4 is 33.4 Å². The van der Waals surface area contributed by atoms with Gasteiger partial charge in [-0.25, -0.2) is 4.79 Å². The number of benzene rings is 2. The molecule has 0 unspecified atom stereocenters. The first-order valence-corrected chi connectivity index (χ1v) is 8.66. The van der Waals surface area contributed by atoms with Gasteiger partial charge in [-0.15, -0.1) is 0 Å². The third kappa shape index (κ3) is 3.30. The molecule has 0 spiro atoms. The van der Waals surface area contributed by atoms with Gasteiger partial charge in [-0.05, 0) is 46.1 Å². The van der Waals surface area contributed by atoms with Gasteiger partial charge in [0.1, 0.15) is 0 Å². The van der Waals surface area contributed by atoms with E-state index >= 15 is 0 Å². The van der Waals surface area contributed by atoms with E-state index in [-0.39, 0.29) is 17.3 Å². The molecule has 2 amide bonds. The van der Waals surface area contributed by atoms with Gasteiger partial charge in [0.25, 0.3) is 0 Å². The van der Waals surface area contributed by atoms with Crippen LogP contribution in [0.4, 0.5) is 4.79 Å². The molecule has 2 aromatic rings. The Labute approximate surface area is 159 Å². The fraction of sp³-hybridized carbons (Fsp3) is 0.158. The molecule has 7 heteroatoms. The summed E-state index contributed by atoms with van der Waals surface area (Å²) in [7, 11) is 1.43. The zero-order chi connectivity index (χ0) is 18.8. The van der Waals surface area contributed by atoms with Gasteiger partial charge in [0, 0.05) is 5.57 Å². The Morgan fingerprint density at radius 3 is 2.54 bits per heavy atom. The van der Waals surface area contributed by atoms with Crippen LogP contribution in [0.25, 0.3) is 5.70 Å². The summed E-state index contributed by atoms with van der Waals surface area (Å²) >= 11 is 3.28. The van der Waals surface area contributed by atoms with Gasteiger partial charge in [-0.2, -0.15) is 0 Å². The Hall–Kier alpha value is -2.80. The first kappa shape index (κ1) is 18.0. The minimum atomic E-state index is -0.678. The van der Waals surface area contributed by atoms with Gasteiger partial charge < -0.3 is 20.5 Å². The number of ether oxygens (including phenoxy) is 1. The summed E-state index contributed by atoms with van der Waals surface area (Å²) in [6.07, 6.45) is 0. The number of hydrogen-bond acceptors (Lipinski definition) is 4. The predicted molar refractivity (Wildman–Crippen MR) is 101 cm³/mol. The Bertz CT molecular complexity index is 909. The number of halogens is 1. The molecule has 0 radical (unpaired) electrons. The summed E-state index contributed by atoms with van der Waals surface area (Å²) in [4.78, 5) is 24.7. The maximum Gasteiger partial charge on any atom is 0.320 e. The van der Waals surface area contributed by atoms with Gasteiger partial charge >= 0.3 is 6.03 Å². The molecule has 0 aliphatic carbocycles. The molecule has 0 bridgehead atoms. The second-order valence-corrected chi connectivity index (χ2v) is 6.65. The van der Waals surface area contributed by atoms with E-state index in [1.165, 1.54) is 14.0 Å². The molecule has 134 valence electrons. The van der Waals surface area contributed by atoms with Crippen molar-refractivity contribution in [3.05, 3.63) is 63.6 Å². The van der Waals surface area contributed by atoms with Crippen LogP contribution >= 0.6 is 15.9 Å². The van der Waals surface area contributed by atoms with Crippen LogP contribution in [0.1, 0.15) is 24.1 Å². The van der Waals surface area contributed by atoms with E-state index in [4.69, 9.17) is 4.74 Å². The maximum absolute atomic E-state index is 12.4. The average molecular weight is 417 g/mol. The van der Waals surface area contributed by atoms with Crippen molar-refractivity contribution in [3.63, 3.8) is 0 Å². The van der Waals surface area contributed by atoms with Crippen molar-refractivity contribution in [3.8, 4) is 11.5 Å². The number of phenolic OH excluding ortho intramolecular Hbond substituents is 1. The van der Waals surface area contributed by atoms with Crippen LogP contribution in [-0.2, 0) is 4.79 Å². The Balaban J connectivity index is 2.21. The number of hydrogen-bond donors (Lipinski definition) is 3. The van der Waals surface area contributed by atoms with Crippen LogP contribution < -0.4 is 15.4 Å².